The first-order chi connectivity index (χ1) is 6.27. The number of aliphatic hydroxyl groups excluding tert-OH is 1. The molecule has 2 N–H and O–H groups in total. The minimum absolute atomic E-state index is 0.420. The predicted molar refractivity (Wildman–Crippen MR) is 49.3 cm³/mol. The first-order valence-electron chi connectivity index (χ1n) is 5.24. The molecule has 2 aliphatic carbocycles. The molecule has 1 spiro atoms. The topological polar surface area (TPSA) is 32.3 Å². The van der Waals surface area contributed by atoms with Crippen LogP contribution < -0.4 is 5.32 Å². The summed E-state index contributed by atoms with van der Waals surface area (Å²) in [5.74, 6) is 0. The second-order valence-corrected chi connectivity index (χ2v) is 4.54. The van der Waals surface area contributed by atoms with Crippen LogP contribution in [0, 0.1) is 5.41 Å². The van der Waals surface area contributed by atoms with Gasteiger partial charge in [0.25, 0.3) is 0 Å². The van der Waals surface area contributed by atoms with Gasteiger partial charge in [-0.25, -0.2) is 4.39 Å². The van der Waals surface area contributed by atoms with Crippen molar-refractivity contribution >= 4 is 0 Å². The van der Waals surface area contributed by atoms with Crippen LogP contribution >= 0.6 is 0 Å². The van der Waals surface area contributed by atoms with Crippen molar-refractivity contribution in [1.82, 2.24) is 5.32 Å². The molecular formula is C10H18FNO. The molecule has 0 amide bonds. The van der Waals surface area contributed by atoms with Gasteiger partial charge in [-0.2, -0.15) is 0 Å². The van der Waals surface area contributed by atoms with E-state index < -0.39 is 12.8 Å². The molecule has 2 atom stereocenters. The standard InChI is InChI=1S/C10H18FNO/c11-6-8(13)7-12-9-5-10(9)3-1-2-4-10/h8-9,12-13H,1-7H2. The molecule has 2 saturated carbocycles. The Morgan fingerprint density at radius 2 is 2.15 bits per heavy atom. The van der Waals surface area contributed by atoms with E-state index in [4.69, 9.17) is 5.11 Å². The van der Waals surface area contributed by atoms with Crippen molar-refractivity contribution in [2.45, 2.75) is 44.2 Å². The molecule has 2 rings (SSSR count). The van der Waals surface area contributed by atoms with E-state index in [0.29, 0.717) is 18.0 Å². The summed E-state index contributed by atoms with van der Waals surface area (Å²) in [5, 5.41) is 12.3. The molecule has 0 aliphatic heterocycles. The van der Waals surface area contributed by atoms with E-state index in [1.54, 1.807) is 0 Å². The second kappa shape index (κ2) is 3.54. The highest BCUT2D eigenvalue weighted by atomic mass is 19.1. The molecular weight excluding hydrogens is 169 g/mol. The number of alkyl halides is 1. The van der Waals surface area contributed by atoms with Crippen LogP contribution in [-0.4, -0.2) is 30.5 Å². The molecule has 0 saturated heterocycles. The normalized spacial score (nSPS) is 32.3. The van der Waals surface area contributed by atoms with Crippen molar-refractivity contribution in [2.24, 2.45) is 5.41 Å². The number of rotatable bonds is 4. The molecule has 3 heteroatoms. The van der Waals surface area contributed by atoms with Crippen molar-refractivity contribution in [3.63, 3.8) is 0 Å². The van der Waals surface area contributed by atoms with Gasteiger partial charge >= 0.3 is 0 Å². The highest BCUT2D eigenvalue weighted by Crippen LogP contribution is 2.57. The monoisotopic (exact) mass is 187 g/mol. The SMILES string of the molecule is OC(CF)CNC1CC12CCCC2. The predicted octanol–water partition coefficient (Wildman–Crippen LogP) is 1.24. The van der Waals surface area contributed by atoms with Gasteiger partial charge in [0, 0.05) is 12.6 Å². The third-order valence-corrected chi connectivity index (χ3v) is 3.57. The summed E-state index contributed by atoms with van der Waals surface area (Å²) in [6.45, 7) is -0.213. The molecule has 0 radical (unpaired) electrons. The highest BCUT2D eigenvalue weighted by molar-refractivity contribution is 5.09. The first-order valence-corrected chi connectivity index (χ1v) is 5.24. The first kappa shape index (κ1) is 9.41. The maximum Gasteiger partial charge on any atom is 0.117 e. The fourth-order valence-electron chi connectivity index (χ4n) is 2.60. The molecule has 0 aromatic rings. The Bertz CT molecular complexity index is 180. The molecule has 0 aromatic carbocycles. The molecule has 0 bridgehead atoms. The third kappa shape index (κ3) is 1.86. The Labute approximate surface area is 78.5 Å². The van der Waals surface area contributed by atoms with Crippen LogP contribution in [0.2, 0.25) is 0 Å². The molecule has 13 heavy (non-hydrogen) atoms. The van der Waals surface area contributed by atoms with Crippen LogP contribution in [0.4, 0.5) is 4.39 Å². The van der Waals surface area contributed by atoms with E-state index >= 15 is 0 Å². The maximum atomic E-state index is 11.9. The number of aliphatic hydroxyl groups is 1. The lowest BCUT2D eigenvalue weighted by Gasteiger charge is -2.11. The van der Waals surface area contributed by atoms with Gasteiger partial charge in [-0.05, 0) is 24.7 Å². The van der Waals surface area contributed by atoms with Crippen molar-refractivity contribution in [1.29, 1.82) is 0 Å². The zero-order chi connectivity index (χ0) is 9.31. The van der Waals surface area contributed by atoms with Crippen LogP contribution in [0.1, 0.15) is 32.1 Å². The van der Waals surface area contributed by atoms with Gasteiger partial charge in [-0.1, -0.05) is 12.8 Å². The Kier molecular flexibility index (Phi) is 2.56. The van der Waals surface area contributed by atoms with Gasteiger partial charge in [-0.3, -0.25) is 0 Å². The van der Waals surface area contributed by atoms with Crippen molar-refractivity contribution in [3.05, 3.63) is 0 Å². The second-order valence-electron chi connectivity index (χ2n) is 4.54. The van der Waals surface area contributed by atoms with Crippen molar-refractivity contribution in [2.75, 3.05) is 13.2 Å². The number of hydrogen-bond donors (Lipinski definition) is 2. The Morgan fingerprint density at radius 3 is 2.77 bits per heavy atom. The Hall–Kier alpha value is -0.150. The summed E-state index contributed by atoms with van der Waals surface area (Å²) in [4.78, 5) is 0. The molecule has 2 nitrogen and oxygen atoms in total. The van der Waals surface area contributed by atoms with E-state index in [1.807, 2.05) is 0 Å². The molecule has 0 heterocycles. The van der Waals surface area contributed by atoms with Crippen LogP contribution in [0.25, 0.3) is 0 Å². The number of nitrogens with one attached hydrogen (secondary N) is 1. The van der Waals surface area contributed by atoms with Gasteiger partial charge in [-0.15, -0.1) is 0 Å². The van der Waals surface area contributed by atoms with E-state index in [1.165, 1.54) is 32.1 Å². The minimum atomic E-state index is -0.806. The van der Waals surface area contributed by atoms with Crippen LogP contribution in [0.15, 0.2) is 0 Å². The highest BCUT2D eigenvalue weighted by Gasteiger charge is 2.54. The average Bonchev–Trinajstić information content (AvgIpc) is 2.56. The van der Waals surface area contributed by atoms with E-state index in [9.17, 15) is 4.39 Å². The lowest BCUT2D eigenvalue weighted by atomic mass is 10.1. The van der Waals surface area contributed by atoms with E-state index in [2.05, 4.69) is 5.32 Å². The molecule has 2 fully saturated rings. The zero-order valence-electron chi connectivity index (χ0n) is 7.93. The third-order valence-electron chi connectivity index (χ3n) is 3.57. The number of halogens is 1. The summed E-state index contributed by atoms with van der Waals surface area (Å²) < 4.78 is 11.9. The largest absolute Gasteiger partial charge is 0.389 e. The van der Waals surface area contributed by atoms with E-state index in [0.717, 1.165) is 0 Å². The molecule has 2 aliphatic rings. The van der Waals surface area contributed by atoms with Crippen molar-refractivity contribution < 1.29 is 9.50 Å². The zero-order valence-corrected chi connectivity index (χ0v) is 7.93. The minimum Gasteiger partial charge on any atom is -0.389 e. The fourth-order valence-corrected chi connectivity index (χ4v) is 2.60. The average molecular weight is 187 g/mol. The molecule has 2 unspecified atom stereocenters. The van der Waals surface area contributed by atoms with Crippen LogP contribution in [0.3, 0.4) is 0 Å². The van der Waals surface area contributed by atoms with E-state index in [-0.39, 0.29) is 0 Å². The lowest BCUT2D eigenvalue weighted by molar-refractivity contribution is 0.136. The summed E-state index contributed by atoms with van der Waals surface area (Å²) in [7, 11) is 0. The van der Waals surface area contributed by atoms with Gasteiger partial charge in [0.1, 0.15) is 6.67 Å². The summed E-state index contributed by atoms with van der Waals surface area (Å²) in [5.41, 5.74) is 0.552. The van der Waals surface area contributed by atoms with Crippen molar-refractivity contribution in [3.8, 4) is 0 Å². The van der Waals surface area contributed by atoms with Crippen LogP contribution in [-0.2, 0) is 0 Å². The van der Waals surface area contributed by atoms with Crippen LogP contribution in [0.5, 0.6) is 0 Å². The molecule has 0 aromatic heterocycles. The Balaban J connectivity index is 1.68. The molecule has 76 valence electrons. The maximum absolute atomic E-state index is 11.9. The quantitative estimate of drug-likeness (QED) is 0.694. The van der Waals surface area contributed by atoms with Gasteiger partial charge in [0.15, 0.2) is 0 Å². The Morgan fingerprint density at radius 1 is 1.46 bits per heavy atom. The van der Waals surface area contributed by atoms with Gasteiger partial charge < -0.3 is 10.4 Å². The fraction of sp³-hybridized carbons (Fsp3) is 1.00. The lowest BCUT2D eigenvalue weighted by Crippen LogP contribution is -2.32. The summed E-state index contributed by atoms with van der Waals surface area (Å²) in [6, 6.07) is 0.566. The smallest absolute Gasteiger partial charge is 0.117 e. The summed E-state index contributed by atoms with van der Waals surface area (Å²) >= 11 is 0. The van der Waals surface area contributed by atoms with Gasteiger partial charge in [0.05, 0.1) is 6.10 Å². The van der Waals surface area contributed by atoms with Gasteiger partial charge in [0.2, 0.25) is 0 Å². The summed E-state index contributed by atoms with van der Waals surface area (Å²) in [6.07, 6.45) is 5.80. The number of hydrogen-bond acceptors (Lipinski definition) is 2.